The smallest absolute Gasteiger partial charge is 0.123 e. The fourth-order valence-corrected chi connectivity index (χ4v) is 4.27. The van der Waals surface area contributed by atoms with Gasteiger partial charge in [0.05, 0.1) is 9.59 Å². The van der Waals surface area contributed by atoms with Crippen LogP contribution in [0.25, 0.3) is 0 Å². The first kappa shape index (κ1) is 14.9. The lowest BCUT2D eigenvalue weighted by Gasteiger charge is -2.21. The van der Waals surface area contributed by atoms with Gasteiger partial charge in [-0.3, -0.25) is 0 Å². The van der Waals surface area contributed by atoms with Crippen LogP contribution in [0.2, 0.25) is 4.34 Å². The van der Waals surface area contributed by atoms with E-state index in [9.17, 15) is 4.39 Å². The second-order valence-corrected chi connectivity index (χ2v) is 7.17. The third-order valence-electron chi connectivity index (χ3n) is 2.81. The molecule has 0 amide bonds. The number of thiophene rings is 1. The molecule has 1 nitrogen and oxygen atoms in total. The van der Waals surface area contributed by atoms with Crippen molar-refractivity contribution in [3.63, 3.8) is 0 Å². The van der Waals surface area contributed by atoms with Gasteiger partial charge in [0, 0.05) is 15.8 Å². The van der Waals surface area contributed by atoms with Gasteiger partial charge < -0.3 is 5.73 Å². The summed E-state index contributed by atoms with van der Waals surface area (Å²) in [6.07, 6.45) is 0.883. The van der Waals surface area contributed by atoms with Crippen LogP contribution in [-0.4, -0.2) is 6.04 Å². The van der Waals surface area contributed by atoms with Crippen LogP contribution in [0.1, 0.15) is 23.5 Å². The topological polar surface area (TPSA) is 26.0 Å². The molecule has 2 rings (SSSR count). The van der Waals surface area contributed by atoms with Gasteiger partial charge >= 0.3 is 0 Å². The van der Waals surface area contributed by atoms with E-state index in [0.717, 1.165) is 20.5 Å². The SMILES string of the molecule is CCC(N)C(Sc1ccc(F)cc1)c1ccc(Cl)s1. The van der Waals surface area contributed by atoms with Gasteiger partial charge in [0.2, 0.25) is 0 Å². The van der Waals surface area contributed by atoms with Crippen LogP contribution in [0.3, 0.4) is 0 Å². The molecule has 2 unspecified atom stereocenters. The molecule has 1 aromatic heterocycles. The van der Waals surface area contributed by atoms with Crippen molar-refractivity contribution in [2.45, 2.75) is 29.5 Å². The molecular formula is C14H15ClFNS2. The average Bonchev–Trinajstić information content (AvgIpc) is 2.83. The van der Waals surface area contributed by atoms with Crippen molar-refractivity contribution in [1.82, 2.24) is 0 Å². The fourth-order valence-electron chi connectivity index (χ4n) is 1.71. The van der Waals surface area contributed by atoms with E-state index in [1.807, 2.05) is 12.1 Å². The van der Waals surface area contributed by atoms with E-state index in [1.54, 1.807) is 35.2 Å². The second kappa shape index (κ2) is 6.75. The van der Waals surface area contributed by atoms with Gasteiger partial charge in [0.25, 0.3) is 0 Å². The Balaban J connectivity index is 2.21. The molecule has 2 atom stereocenters. The van der Waals surface area contributed by atoms with E-state index in [-0.39, 0.29) is 17.1 Å². The Bertz CT molecular complexity index is 526. The zero-order valence-electron chi connectivity index (χ0n) is 10.5. The molecule has 0 fully saturated rings. The summed E-state index contributed by atoms with van der Waals surface area (Å²) in [4.78, 5) is 2.17. The molecule has 0 saturated heterocycles. The summed E-state index contributed by atoms with van der Waals surface area (Å²) in [6.45, 7) is 2.07. The van der Waals surface area contributed by atoms with Crippen LogP contribution < -0.4 is 5.73 Å². The first-order valence-corrected chi connectivity index (χ1v) is 8.10. The van der Waals surface area contributed by atoms with Crippen LogP contribution in [0.4, 0.5) is 4.39 Å². The van der Waals surface area contributed by atoms with E-state index >= 15 is 0 Å². The number of rotatable bonds is 5. The first-order chi connectivity index (χ1) is 9.10. The quantitative estimate of drug-likeness (QED) is 0.776. The van der Waals surface area contributed by atoms with Crippen LogP contribution in [0, 0.1) is 5.82 Å². The molecule has 0 radical (unpaired) electrons. The summed E-state index contributed by atoms with van der Waals surface area (Å²) in [7, 11) is 0. The van der Waals surface area contributed by atoms with Gasteiger partial charge in [0.1, 0.15) is 5.82 Å². The molecule has 0 aliphatic heterocycles. The minimum Gasteiger partial charge on any atom is -0.326 e. The molecule has 0 bridgehead atoms. The van der Waals surface area contributed by atoms with E-state index in [1.165, 1.54) is 12.1 Å². The number of hydrogen-bond acceptors (Lipinski definition) is 3. The van der Waals surface area contributed by atoms with Crippen LogP contribution in [0.5, 0.6) is 0 Å². The number of halogens is 2. The lowest BCUT2D eigenvalue weighted by molar-refractivity contribution is 0.626. The molecule has 2 N–H and O–H groups in total. The van der Waals surface area contributed by atoms with Crippen molar-refractivity contribution < 1.29 is 4.39 Å². The maximum Gasteiger partial charge on any atom is 0.123 e. The van der Waals surface area contributed by atoms with Gasteiger partial charge in [-0.15, -0.1) is 23.1 Å². The summed E-state index contributed by atoms with van der Waals surface area (Å²) in [6, 6.07) is 10.5. The number of thioether (sulfide) groups is 1. The van der Waals surface area contributed by atoms with Crippen molar-refractivity contribution in [2.24, 2.45) is 5.73 Å². The van der Waals surface area contributed by atoms with Crippen molar-refractivity contribution in [2.75, 3.05) is 0 Å². The standard InChI is InChI=1S/C14H15ClFNS2/c1-2-11(17)14(12-7-8-13(15)19-12)18-10-5-3-9(16)4-6-10/h3-8,11,14H,2,17H2,1H3. The summed E-state index contributed by atoms with van der Waals surface area (Å²) in [5, 5.41) is 0.146. The van der Waals surface area contributed by atoms with E-state index in [4.69, 9.17) is 17.3 Å². The molecule has 102 valence electrons. The number of nitrogens with two attached hydrogens (primary N) is 1. The minimum absolute atomic E-state index is 0.0461. The van der Waals surface area contributed by atoms with Gasteiger partial charge in [-0.05, 0) is 42.8 Å². The van der Waals surface area contributed by atoms with Gasteiger partial charge in [-0.1, -0.05) is 18.5 Å². The summed E-state index contributed by atoms with van der Waals surface area (Å²) < 4.78 is 13.7. The summed E-state index contributed by atoms with van der Waals surface area (Å²) in [5.41, 5.74) is 6.20. The molecule has 1 heterocycles. The third kappa shape index (κ3) is 3.96. The maximum atomic E-state index is 12.9. The normalized spacial score (nSPS) is 14.3. The number of benzene rings is 1. The number of hydrogen-bond donors (Lipinski definition) is 1. The maximum absolute atomic E-state index is 12.9. The first-order valence-electron chi connectivity index (χ1n) is 6.03. The van der Waals surface area contributed by atoms with E-state index in [2.05, 4.69) is 6.92 Å². The van der Waals surface area contributed by atoms with E-state index < -0.39 is 0 Å². The molecule has 0 spiro atoms. The zero-order chi connectivity index (χ0) is 13.8. The molecule has 0 aliphatic rings. The zero-order valence-corrected chi connectivity index (χ0v) is 12.9. The Morgan fingerprint density at radius 1 is 1.26 bits per heavy atom. The predicted molar refractivity (Wildman–Crippen MR) is 82.6 cm³/mol. The highest BCUT2D eigenvalue weighted by Crippen LogP contribution is 2.41. The lowest BCUT2D eigenvalue weighted by Crippen LogP contribution is -2.25. The summed E-state index contributed by atoms with van der Waals surface area (Å²) in [5.74, 6) is -0.222. The Hall–Kier alpha value is -0.550. The Kier molecular flexibility index (Phi) is 5.28. The largest absolute Gasteiger partial charge is 0.326 e. The molecule has 1 aromatic carbocycles. The highest BCUT2D eigenvalue weighted by molar-refractivity contribution is 7.99. The van der Waals surface area contributed by atoms with Gasteiger partial charge in [-0.2, -0.15) is 0 Å². The van der Waals surface area contributed by atoms with Crippen molar-refractivity contribution in [3.05, 3.63) is 51.4 Å². The molecule has 19 heavy (non-hydrogen) atoms. The second-order valence-electron chi connectivity index (χ2n) is 4.21. The van der Waals surface area contributed by atoms with Crippen molar-refractivity contribution in [3.8, 4) is 0 Å². The fraction of sp³-hybridized carbons (Fsp3) is 0.286. The third-order valence-corrected chi connectivity index (χ3v) is 5.68. The van der Waals surface area contributed by atoms with Crippen LogP contribution in [0.15, 0.2) is 41.3 Å². The Labute approximate surface area is 126 Å². The lowest BCUT2D eigenvalue weighted by atomic mass is 10.1. The molecule has 0 saturated carbocycles. The highest BCUT2D eigenvalue weighted by atomic mass is 35.5. The molecule has 5 heteroatoms. The van der Waals surface area contributed by atoms with Gasteiger partial charge in [0.15, 0.2) is 0 Å². The molecule has 2 aromatic rings. The van der Waals surface area contributed by atoms with Crippen LogP contribution >= 0.6 is 34.7 Å². The van der Waals surface area contributed by atoms with E-state index in [0.29, 0.717) is 0 Å². The van der Waals surface area contributed by atoms with Crippen molar-refractivity contribution in [1.29, 1.82) is 0 Å². The monoisotopic (exact) mass is 315 g/mol. The van der Waals surface area contributed by atoms with Crippen LogP contribution in [-0.2, 0) is 0 Å². The average molecular weight is 316 g/mol. The highest BCUT2D eigenvalue weighted by Gasteiger charge is 2.21. The minimum atomic E-state index is -0.222. The Morgan fingerprint density at radius 2 is 1.95 bits per heavy atom. The molecule has 0 aliphatic carbocycles. The van der Waals surface area contributed by atoms with Crippen molar-refractivity contribution >= 4 is 34.7 Å². The molecular weight excluding hydrogens is 301 g/mol. The summed E-state index contributed by atoms with van der Waals surface area (Å²) >= 11 is 9.20. The predicted octanol–water partition coefficient (Wildman–Crippen LogP) is 5.11. The Morgan fingerprint density at radius 3 is 2.47 bits per heavy atom. The van der Waals surface area contributed by atoms with Gasteiger partial charge in [-0.25, -0.2) is 4.39 Å².